The Morgan fingerprint density at radius 1 is 1.33 bits per heavy atom. The topological polar surface area (TPSA) is 69.6 Å². The fourth-order valence-corrected chi connectivity index (χ4v) is 1.55. The highest BCUT2D eigenvalue weighted by Gasteiger charge is 2.24. The molecule has 1 rings (SSSR count). The molecule has 0 saturated carbocycles. The molecular formula is C14H21NO3. The average Bonchev–Trinajstić information content (AvgIpc) is 2.27. The Bertz CT molecular complexity index is 390. The van der Waals surface area contributed by atoms with Gasteiger partial charge in [0.25, 0.3) is 0 Å². The van der Waals surface area contributed by atoms with Crippen LogP contribution in [-0.4, -0.2) is 34.2 Å². The zero-order chi connectivity index (χ0) is 13.8. The minimum Gasteiger partial charge on any atom is -0.392 e. The van der Waals surface area contributed by atoms with Crippen molar-refractivity contribution >= 4 is 5.78 Å². The zero-order valence-electron chi connectivity index (χ0n) is 11.1. The van der Waals surface area contributed by atoms with Gasteiger partial charge in [-0.15, -0.1) is 0 Å². The van der Waals surface area contributed by atoms with Crippen molar-refractivity contribution in [1.82, 2.24) is 5.32 Å². The van der Waals surface area contributed by atoms with Crippen molar-refractivity contribution in [3.63, 3.8) is 0 Å². The van der Waals surface area contributed by atoms with Crippen LogP contribution >= 0.6 is 0 Å². The van der Waals surface area contributed by atoms with E-state index in [0.29, 0.717) is 18.7 Å². The van der Waals surface area contributed by atoms with Gasteiger partial charge in [0.2, 0.25) is 0 Å². The average molecular weight is 251 g/mol. The lowest BCUT2D eigenvalue weighted by molar-refractivity contribution is 0.0488. The molecule has 100 valence electrons. The fourth-order valence-electron chi connectivity index (χ4n) is 1.55. The molecule has 1 aromatic rings. The number of hydrogen-bond acceptors (Lipinski definition) is 4. The molecule has 1 unspecified atom stereocenters. The number of rotatable bonds is 6. The normalized spacial score (nSPS) is 13.4. The highest BCUT2D eigenvalue weighted by molar-refractivity contribution is 6.01. The second-order valence-electron chi connectivity index (χ2n) is 5.06. The van der Waals surface area contributed by atoms with Crippen LogP contribution in [0.2, 0.25) is 0 Å². The van der Waals surface area contributed by atoms with Gasteiger partial charge in [0.1, 0.15) is 5.60 Å². The van der Waals surface area contributed by atoms with E-state index < -0.39 is 5.60 Å². The van der Waals surface area contributed by atoms with Gasteiger partial charge in [-0.25, -0.2) is 0 Å². The molecule has 18 heavy (non-hydrogen) atoms. The number of carbonyl (C=O) groups is 1. The largest absolute Gasteiger partial charge is 0.392 e. The molecule has 0 saturated heterocycles. The number of benzene rings is 1. The molecule has 0 amide bonds. The summed E-state index contributed by atoms with van der Waals surface area (Å²) in [6, 6.07) is 7.10. The van der Waals surface area contributed by atoms with Crippen molar-refractivity contribution in [2.24, 2.45) is 0 Å². The van der Waals surface area contributed by atoms with Gasteiger partial charge in [-0.3, -0.25) is 4.79 Å². The number of Topliss-reactive ketones (excluding diaryl/α,β-unsaturated/α-hetero) is 1. The first-order chi connectivity index (χ1) is 8.30. The SMILES string of the molecule is CC(O)CNCc1ccc(C(=O)C(C)(C)O)cc1. The van der Waals surface area contributed by atoms with Gasteiger partial charge in [-0.1, -0.05) is 24.3 Å². The quantitative estimate of drug-likeness (QED) is 0.662. The van der Waals surface area contributed by atoms with Gasteiger partial charge in [-0.2, -0.15) is 0 Å². The number of hydrogen-bond donors (Lipinski definition) is 3. The molecule has 0 aliphatic carbocycles. The summed E-state index contributed by atoms with van der Waals surface area (Å²) in [5.74, 6) is -0.286. The van der Waals surface area contributed by atoms with Crippen LogP contribution in [0.5, 0.6) is 0 Å². The summed E-state index contributed by atoms with van der Waals surface area (Å²) in [5.41, 5.74) is 0.191. The van der Waals surface area contributed by atoms with E-state index in [-0.39, 0.29) is 11.9 Å². The maximum atomic E-state index is 11.8. The summed E-state index contributed by atoms with van der Waals surface area (Å²) in [5, 5.41) is 21.8. The predicted octanol–water partition coefficient (Wildman–Crippen LogP) is 1.11. The zero-order valence-corrected chi connectivity index (χ0v) is 11.1. The van der Waals surface area contributed by atoms with Gasteiger partial charge in [0.05, 0.1) is 6.10 Å². The van der Waals surface area contributed by atoms with E-state index in [9.17, 15) is 9.90 Å². The van der Waals surface area contributed by atoms with Gasteiger partial charge in [-0.05, 0) is 26.3 Å². The van der Waals surface area contributed by atoms with Crippen molar-refractivity contribution in [1.29, 1.82) is 0 Å². The first kappa shape index (κ1) is 14.8. The summed E-state index contributed by atoms with van der Waals surface area (Å²) >= 11 is 0. The van der Waals surface area contributed by atoms with E-state index in [1.807, 2.05) is 12.1 Å². The van der Waals surface area contributed by atoms with Crippen molar-refractivity contribution in [2.45, 2.75) is 39.0 Å². The van der Waals surface area contributed by atoms with Crippen LogP contribution in [0.3, 0.4) is 0 Å². The molecule has 0 bridgehead atoms. The molecule has 4 nitrogen and oxygen atoms in total. The second-order valence-corrected chi connectivity index (χ2v) is 5.06. The molecule has 0 spiro atoms. The van der Waals surface area contributed by atoms with Crippen LogP contribution in [0.15, 0.2) is 24.3 Å². The molecule has 0 radical (unpaired) electrons. The molecule has 1 atom stereocenters. The van der Waals surface area contributed by atoms with Crippen molar-refractivity contribution in [3.8, 4) is 0 Å². The van der Waals surface area contributed by atoms with Gasteiger partial charge in [0.15, 0.2) is 5.78 Å². The maximum absolute atomic E-state index is 11.8. The summed E-state index contributed by atoms with van der Waals surface area (Å²) < 4.78 is 0. The highest BCUT2D eigenvalue weighted by Crippen LogP contribution is 2.13. The van der Waals surface area contributed by atoms with E-state index in [4.69, 9.17) is 5.11 Å². The first-order valence-electron chi connectivity index (χ1n) is 6.05. The molecule has 0 fully saturated rings. The lowest BCUT2D eigenvalue weighted by atomic mass is 9.96. The minimum atomic E-state index is -1.34. The third-order valence-corrected chi connectivity index (χ3v) is 2.54. The van der Waals surface area contributed by atoms with E-state index in [1.165, 1.54) is 13.8 Å². The summed E-state index contributed by atoms with van der Waals surface area (Å²) in [6.45, 7) is 5.85. The molecule has 0 heterocycles. The standard InChI is InChI=1S/C14H21NO3/c1-10(16)8-15-9-11-4-6-12(7-5-11)13(17)14(2,3)18/h4-7,10,15-16,18H,8-9H2,1-3H3. The van der Waals surface area contributed by atoms with Crippen LogP contribution in [0.4, 0.5) is 0 Å². The van der Waals surface area contributed by atoms with Crippen molar-refractivity contribution in [3.05, 3.63) is 35.4 Å². The smallest absolute Gasteiger partial charge is 0.193 e. The van der Waals surface area contributed by atoms with E-state index >= 15 is 0 Å². The Balaban J connectivity index is 2.60. The van der Waals surface area contributed by atoms with Crippen LogP contribution in [-0.2, 0) is 6.54 Å². The summed E-state index contributed by atoms with van der Waals surface area (Å²) in [7, 11) is 0. The number of carbonyl (C=O) groups excluding carboxylic acids is 1. The Kier molecular flexibility index (Phi) is 5.02. The van der Waals surface area contributed by atoms with Crippen LogP contribution < -0.4 is 5.32 Å². The Morgan fingerprint density at radius 2 is 1.89 bits per heavy atom. The van der Waals surface area contributed by atoms with Crippen molar-refractivity contribution < 1.29 is 15.0 Å². The third-order valence-electron chi connectivity index (χ3n) is 2.54. The molecular weight excluding hydrogens is 230 g/mol. The Hall–Kier alpha value is -1.23. The number of aliphatic hydroxyl groups is 2. The van der Waals surface area contributed by atoms with Crippen molar-refractivity contribution in [2.75, 3.05) is 6.54 Å². The predicted molar refractivity (Wildman–Crippen MR) is 70.5 cm³/mol. The molecule has 4 heteroatoms. The summed E-state index contributed by atoms with van der Waals surface area (Å²) in [4.78, 5) is 11.8. The molecule has 0 aromatic heterocycles. The second kappa shape index (κ2) is 6.09. The van der Waals surface area contributed by atoms with Gasteiger partial charge in [0, 0.05) is 18.7 Å². The van der Waals surface area contributed by atoms with E-state index in [1.54, 1.807) is 19.1 Å². The lowest BCUT2D eigenvalue weighted by Crippen LogP contribution is -2.31. The molecule has 1 aromatic carbocycles. The van der Waals surface area contributed by atoms with Crippen LogP contribution in [0.1, 0.15) is 36.7 Å². The van der Waals surface area contributed by atoms with Gasteiger partial charge < -0.3 is 15.5 Å². The molecule has 0 aliphatic heterocycles. The van der Waals surface area contributed by atoms with Crippen LogP contribution in [0, 0.1) is 0 Å². The third kappa shape index (κ3) is 4.56. The number of nitrogens with one attached hydrogen (secondary N) is 1. The number of aliphatic hydroxyl groups excluding tert-OH is 1. The monoisotopic (exact) mass is 251 g/mol. The Labute approximate surface area is 108 Å². The molecule has 0 aliphatic rings. The maximum Gasteiger partial charge on any atom is 0.193 e. The minimum absolute atomic E-state index is 0.286. The van der Waals surface area contributed by atoms with E-state index in [0.717, 1.165) is 5.56 Å². The fraction of sp³-hybridized carbons (Fsp3) is 0.500. The first-order valence-corrected chi connectivity index (χ1v) is 6.05. The molecule has 3 N–H and O–H groups in total. The van der Waals surface area contributed by atoms with Gasteiger partial charge >= 0.3 is 0 Å². The Morgan fingerprint density at radius 3 is 2.33 bits per heavy atom. The van der Waals surface area contributed by atoms with Crippen LogP contribution in [0.25, 0.3) is 0 Å². The number of ketones is 1. The van der Waals surface area contributed by atoms with E-state index in [2.05, 4.69) is 5.32 Å². The summed E-state index contributed by atoms with van der Waals surface area (Å²) in [6.07, 6.45) is -0.374. The highest BCUT2D eigenvalue weighted by atomic mass is 16.3. The lowest BCUT2D eigenvalue weighted by Gasteiger charge is -2.15.